The van der Waals surface area contributed by atoms with Crippen molar-refractivity contribution in [3.8, 4) is 11.4 Å². The molecule has 0 aliphatic rings. The number of carbonyl (C=O) groups is 1. The van der Waals surface area contributed by atoms with E-state index in [1.54, 1.807) is 6.08 Å². The summed E-state index contributed by atoms with van der Waals surface area (Å²) in [6.45, 7) is 5.89. The van der Waals surface area contributed by atoms with Gasteiger partial charge in [-0.2, -0.15) is 0 Å². The number of rotatable bonds is 6. The van der Waals surface area contributed by atoms with Crippen LogP contribution in [0.25, 0.3) is 11.4 Å². The van der Waals surface area contributed by atoms with Gasteiger partial charge in [0, 0.05) is 24.9 Å². The number of amides is 1. The molecule has 1 heterocycles. The van der Waals surface area contributed by atoms with E-state index in [4.69, 9.17) is 0 Å². The van der Waals surface area contributed by atoms with Gasteiger partial charge in [0.15, 0.2) is 5.82 Å². The number of H-pyrrole nitrogens is 1. The number of hydrogen-bond donors (Lipinski definition) is 2. The summed E-state index contributed by atoms with van der Waals surface area (Å²) in [5.41, 5.74) is 1.82. The topological polar surface area (TPSA) is 87.7 Å². The van der Waals surface area contributed by atoms with Gasteiger partial charge in [0.2, 0.25) is 5.91 Å². The molecule has 22 heavy (non-hydrogen) atoms. The van der Waals surface area contributed by atoms with Gasteiger partial charge < -0.3 is 10.3 Å². The Morgan fingerprint density at radius 2 is 2.23 bits per heavy atom. The van der Waals surface area contributed by atoms with E-state index in [-0.39, 0.29) is 30.0 Å². The minimum Gasteiger partial charge on any atom is -0.353 e. The van der Waals surface area contributed by atoms with Gasteiger partial charge in [-0.1, -0.05) is 29.8 Å². The number of aromatic amines is 1. The zero-order chi connectivity index (χ0) is 15.9. The van der Waals surface area contributed by atoms with Gasteiger partial charge in [-0.15, -0.1) is 16.8 Å². The van der Waals surface area contributed by atoms with Gasteiger partial charge in [0.1, 0.15) is 5.69 Å². The lowest BCUT2D eigenvalue weighted by molar-refractivity contribution is -0.120. The molecule has 0 fully saturated rings. The molecular formula is C16H18N4O2. The summed E-state index contributed by atoms with van der Waals surface area (Å²) in [5.74, 6) is 0.275. The minimum atomic E-state index is -0.317. The SMILES string of the molecule is C=CCNC(=O)CCc1nnc(-c2cccc(C)c2)[nH]c1=O. The average Bonchev–Trinajstić information content (AvgIpc) is 2.51. The Bertz CT molecular complexity index is 737. The Morgan fingerprint density at radius 1 is 1.41 bits per heavy atom. The second-order valence-electron chi connectivity index (χ2n) is 4.91. The van der Waals surface area contributed by atoms with Crippen LogP contribution in [0.3, 0.4) is 0 Å². The van der Waals surface area contributed by atoms with Crippen LogP contribution in [-0.2, 0) is 11.2 Å². The Morgan fingerprint density at radius 3 is 2.91 bits per heavy atom. The van der Waals surface area contributed by atoms with E-state index in [9.17, 15) is 9.59 Å². The summed E-state index contributed by atoms with van der Waals surface area (Å²) < 4.78 is 0. The molecule has 2 aromatic rings. The molecule has 2 N–H and O–H groups in total. The van der Waals surface area contributed by atoms with Crippen molar-refractivity contribution in [2.24, 2.45) is 0 Å². The lowest BCUT2D eigenvalue weighted by Crippen LogP contribution is -2.25. The number of aromatic nitrogens is 3. The normalized spacial score (nSPS) is 10.2. The summed E-state index contributed by atoms with van der Waals surface area (Å²) >= 11 is 0. The fourth-order valence-electron chi connectivity index (χ4n) is 1.95. The Kier molecular flexibility index (Phi) is 5.19. The van der Waals surface area contributed by atoms with Crippen LogP contribution in [-0.4, -0.2) is 27.6 Å². The van der Waals surface area contributed by atoms with Crippen molar-refractivity contribution in [3.63, 3.8) is 0 Å². The number of hydrogen-bond acceptors (Lipinski definition) is 4. The molecule has 0 unspecified atom stereocenters. The van der Waals surface area contributed by atoms with E-state index in [0.29, 0.717) is 12.4 Å². The molecule has 6 heteroatoms. The first-order chi connectivity index (χ1) is 10.6. The standard InChI is InChI=1S/C16H18N4O2/c1-3-9-17-14(21)8-7-13-16(22)18-15(20-19-13)12-6-4-5-11(2)10-12/h3-6,10H,1,7-9H2,2H3,(H,17,21)(H,18,20,22). The van der Waals surface area contributed by atoms with Crippen LogP contribution in [0.1, 0.15) is 17.7 Å². The molecule has 114 valence electrons. The molecule has 1 amide bonds. The first kappa shape index (κ1) is 15.6. The molecule has 0 saturated carbocycles. The molecule has 0 spiro atoms. The van der Waals surface area contributed by atoms with Crippen LogP contribution in [0.15, 0.2) is 41.7 Å². The molecular weight excluding hydrogens is 280 g/mol. The molecule has 0 aliphatic heterocycles. The van der Waals surface area contributed by atoms with Gasteiger partial charge >= 0.3 is 0 Å². The van der Waals surface area contributed by atoms with E-state index < -0.39 is 0 Å². The number of carbonyl (C=O) groups excluding carboxylic acids is 1. The van der Waals surface area contributed by atoms with Crippen molar-refractivity contribution in [2.75, 3.05) is 6.54 Å². The molecule has 0 atom stereocenters. The number of aryl methyl sites for hydroxylation is 2. The third-order valence-corrected chi connectivity index (χ3v) is 3.09. The lowest BCUT2D eigenvalue weighted by Gasteiger charge is -2.04. The summed E-state index contributed by atoms with van der Waals surface area (Å²) in [5, 5.41) is 10.6. The zero-order valence-electron chi connectivity index (χ0n) is 12.4. The quantitative estimate of drug-likeness (QED) is 0.789. The third-order valence-electron chi connectivity index (χ3n) is 3.09. The molecule has 2 rings (SSSR count). The van der Waals surface area contributed by atoms with Crippen LogP contribution < -0.4 is 10.9 Å². The van der Waals surface area contributed by atoms with E-state index in [1.165, 1.54) is 0 Å². The zero-order valence-corrected chi connectivity index (χ0v) is 12.4. The molecule has 0 radical (unpaired) electrons. The number of benzene rings is 1. The van der Waals surface area contributed by atoms with Gasteiger partial charge in [-0.05, 0) is 13.0 Å². The van der Waals surface area contributed by atoms with Crippen molar-refractivity contribution in [2.45, 2.75) is 19.8 Å². The van der Waals surface area contributed by atoms with Crippen LogP contribution in [0.5, 0.6) is 0 Å². The summed E-state index contributed by atoms with van der Waals surface area (Å²) in [6.07, 6.45) is 2.04. The van der Waals surface area contributed by atoms with Crippen molar-refractivity contribution in [1.82, 2.24) is 20.5 Å². The monoisotopic (exact) mass is 298 g/mol. The van der Waals surface area contributed by atoms with E-state index >= 15 is 0 Å². The molecule has 0 bridgehead atoms. The highest BCUT2D eigenvalue weighted by molar-refractivity contribution is 5.76. The van der Waals surface area contributed by atoms with Gasteiger partial charge in [-0.3, -0.25) is 9.59 Å². The molecule has 0 saturated heterocycles. The predicted octanol–water partition coefficient (Wildman–Crippen LogP) is 1.38. The van der Waals surface area contributed by atoms with Crippen molar-refractivity contribution in [3.05, 3.63) is 58.5 Å². The second-order valence-corrected chi connectivity index (χ2v) is 4.91. The Labute approximate surface area is 128 Å². The van der Waals surface area contributed by atoms with Crippen LogP contribution in [0, 0.1) is 6.92 Å². The first-order valence-corrected chi connectivity index (χ1v) is 7.00. The fourth-order valence-corrected chi connectivity index (χ4v) is 1.95. The van der Waals surface area contributed by atoms with Crippen molar-refractivity contribution < 1.29 is 4.79 Å². The average molecular weight is 298 g/mol. The first-order valence-electron chi connectivity index (χ1n) is 7.00. The minimum absolute atomic E-state index is 0.149. The van der Waals surface area contributed by atoms with Crippen molar-refractivity contribution >= 4 is 5.91 Å². The largest absolute Gasteiger partial charge is 0.353 e. The third kappa shape index (κ3) is 4.12. The summed E-state index contributed by atoms with van der Waals surface area (Å²) in [4.78, 5) is 26.2. The van der Waals surface area contributed by atoms with E-state index in [1.807, 2.05) is 31.2 Å². The number of nitrogens with one attached hydrogen (secondary N) is 2. The van der Waals surface area contributed by atoms with Gasteiger partial charge in [0.05, 0.1) is 0 Å². The van der Waals surface area contributed by atoms with Gasteiger partial charge in [0.25, 0.3) is 5.56 Å². The lowest BCUT2D eigenvalue weighted by atomic mass is 10.1. The van der Waals surface area contributed by atoms with E-state index in [0.717, 1.165) is 11.1 Å². The van der Waals surface area contributed by atoms with E-state index in [2.05, 4.69) is 27.1 Å². The summed E-state index contributed by atoms with van der Waals surface area (Å²) in [7, 11) is 0. The maximum absolute atomic E-state index is 12.0. The van der Waals surface area contributed by atoms with Crippen LogP contribution in [0.4, 0.5) is 0 Å². The highest BCUT2D eigenvalue weighted by Crippen LogP contribution is 2.13. The second kappa shape index (κ2) is 7.31. The Balaban J connectivity index is 2.08. The van der Waals surface area contributed by atoms with Crippen molar-refractivity contribution in [1.29, 1.82) is 0 Å². The molecule has 1 aromatic heterocycles. The molecule has 6 nitrogen and oxygen atoms in total. The predicted molar refractivity (Wildman–Crippen MR) is 84.4 cm³/mol. The Hall–Kier alpha value is -2.76. The smallest absolute Gasteiger partial charge is 0.273 e. The fraction of sp³-hybridized carbons (Fsp3) is 0.250. The number of nitrogens with zero attached hydrogens (tertiary/aromatic N) is 2. The van der Waals surface area contributed by atoms with Crippen LogP contribution in [0.2, 0.25) is 0 Å². The maximum atomic E-state index is 12.0. The highest BCUT2D eigenvalue weighted by Gasteiger charge is 2.09. The summed E-state index contributed by atoms with van der Waals surface area (Å²) in [6, 6.07) is 7.63. The maximum Gasteiger partial charge on any atom is 0.273 e. The van der Waals surface area contributed by atoms with Gasteiger partial charge in [-0.25, -0.2) is 0 Å². The van der Waals surface area contributed by atoms with Crippen LogP contribution >= 0.6 is 0 Å². The molecule has 0 aliphatic carbocycles. The highest BCUT2D eigenvalue weighted by atomic mass is 16.1. The molecule has 1 aromatic carbocycles.